The van der Waals surface area contributed by atoms with Crippen molar-refractivity contribution in [3.8, 4) is 10.8 Å². The van der Waals surface area contributed by atoms with Crippen LogP contribution in [0.25, 0.3) is 10.8 Å². The van der Waals surface area contributed by atoms with Gasteiger partial charge in [-0.15, -0.1) is 11.3 Å². The molecule has 0 atom stereocenters. The Bertz CT molecular complexity index is 550. The van der Waals surface area contributed by atoms with E-state index in [1.54, 1.807) is 23.8 Å². The van der Waals surface area contributed by atoms with Crippen LogP contribution in [0.2, 0.25) is 0 Å². The van der Waals surface area contributed by atoms with Gasteiger partial charge in [0.2, 0.25) is 0 Å². The van der Waals surface area contributed by atoms with E-state index in [1.807, 2.05) is 13.8 Å². The van der Waals surface area contributed by atoms with Crippen LogP contribution in [0.15, 0.2) is 28.2 Å². The van der Waals surface area contributed by atoms with Crippen LogP contribution < -0.4 is 5.32 Å². The topological polar surface area (TPSA) is 75.4 Å². The van der Waals surface area contributed by atoms with Gasteiger partial charge in [-0.05, 0) is 25.0 Å². The fraction of sp³-hybridized carbons (Fsp3) is 0.429. The van der Waals surface area contributed by atoms with Gasteiger partial charge < -0.3 is 14.8 Å². The zero-order chi connectivity index (χ0) is 14.6. The SMILES string of the molecule is CCC(CC)(CO)NC(=O)c1csc(-c2ccco2)n1. The summed E-state index contributed by atoms with van der Waals surface area (Å²) in [7, 11) is 0. The van der Waals surface area contributed by atoms with Crippen LogP contribution in [-0.2, 0) is 0 Å². The van der Waals surface area contributed by atoms with Crippen molar-refractivity contribution >= 4 is 17.2 Å². The largest absolute Gasteiger partial charge is 0.462 e. The highest BCUT2D eigenvalue weighted by molar-refractivity contribution is 7.13. The van der Waals surface area contributed by atoms with Crippen molar-refractivity contribution in [1.82, 2.24) is 10.3 Å². The highest BCUT2D eigenvalue weighted by atomic mass is 32.1. The highest BCUT2D eigenvalue weighted by Crippen LogP contribution is 2.24. The molecule has 1 amide bonds. The summed E-state index contributed by atoms with van der Waals surface area (Å²) in [5, 5.41) is 14.7. The Morgan fingerprint density at radius 2 is 2.25 bits per heavy atom. The molecule has 0 aliphatic carbocycles. The molecule has 2 heterocycles. The monoisotopic (exact) mass is 294 g/mol. The Balaban J connectivity index is 2.14. The average Bonchev–Trinajstić information content (AvgIpc) is 3.14. The lowest BCUT2D eigenvalue weighted by Crippen LogP contribution is -2.50. The van der Waals surface area contributed by atoms with E-state index in [-0.39, 0.29) is 12.5 Å². The van der Waals surface area contributed by atoms with Crippen LogP contribution in [-0.4, -0.2) is 28.1 Å². The van der Waals surface area contributed by atoms with Gasteiger partial charge in [0.1, 0.15) is 5.69 Å². The summed E-state index contributed by atoms with van der Waals surface area (Å²) >= 11 is 1.36. The summed E-state index contributed by atoms with van der Waals surface area (Å²) in [6.07, 6.45) is 2.91. The first-order valence-corrected chi connectivity index (χ1v) is 7.45. The molecule has 5 nitrogen and oxygen atoms in total. The number of aliphatic hydroxyl groups is 1. The van der Waals surface area contributed by atoms with Gasteiger partial charge in [0.05, 0.1) is 18.4 Å². The summed E-state index contributed by atoms with van der Waals surface area (Å²) in [6.45, 7) is 3.80. The number of rotatable bonds is 6. The molecule has 0 saturated heterocycles. The first kappa shape index (κ1) is 14.7. The number of nitrogens with zero attached hydrogens (tertiary/aromatic N) is 1. The van der Waals surface area contributed by atoms with E-state index in [9.17, 15) is 9.90 Å². The minimum absolute atomic E-state index is 0.0824. The lowest BCUT2D eigenvalue weighted by Gasteiger charge is -2.30. The number of hydrogen-bond donors (Lipinski definition) is 2. The third-order valence-corrected chi connectivity index (χ3v) is 4.36. The molecule has 0 fully saturated rings. The molecule has 0 unspecified atom stereocenters. The molecule has 0 aliphatic rings. The smallest absolute Gasteiger partial charge is 0.271 e. The predicted molar refractivity (Wildman–Crippen MR) is 77.7 cm³/mol. The Morgan fingerprint density at radius 3 is 2.80 bits per heavy atom. The molecule has 2 N–H and O–H groups in total. The molecule has 108 valence electrons. The maximum absolute atomic E-state index is 12.2. The number of nitrogens with one attached hydrogen (secondary N) is 1. The van der Waals surface area contributed by atoms with Crippen LogP contribution in [0.4, 0.5) is 0 Å². The minimum Gasteiger partial charge on any atom is -0.462 e. The van der Waals surface area contributed by atoms with Crippen molar-refractivity contribution in [2.24, 2.45) is 0 Å². The predicted octanol–water partition coefficient (Wildman–Crippen LogP) is 2.68. The second kappa shape index (κ2) is 6.19. The van der Waals surface area contributed by atoms with Crippen LogP contribution in [0.3, 0.4) is 0 Å². The molecular weight excluding hydrogens is 276 g/mol. The summed E-state index contributed by atoms with van der Waals surface area (Å²) in [5.74, 6) is 0.380. The molecule has 2 aromatic heterocycles. The molecule has 0 aromatic carbocycles. The summed E-state index contributed by atoms with van der Waals surface area (Å²) in [5.41, 5.74) is -0.230. The molecule has 20 heavy (non-hydrogen) atoms. The standard InChI is InChI=1S/C14H18N2O3S/c1-3-14(4-2,9-17)16-12(18)10-8-20-13(15-10)11-6-5-7-19-11/h5-8,17H,3-4,9H2,1-2H3,(H,16,18). The fourth-order valence-corrected chi connectivity index (χ4v) is 2.65. The van der Waals surface area contributed by atoms with E-state index in [2.05, 4.69) is 10.3 Å². The molecular formula is C14H18N2O3S. The summed E-state index contributed by atoms with van der Waals surface area (Å²) < 4.78 is 5.25. The Hall–Kier alpha value is -1.66. The molecule has 6 heteroatoms. The van der Waals surface area contributed by atoms with Gasteiger partial charge in [0, 0.05) is 5.38 Å². The Morgan fingerprint density at radius 1 is 1.50 bits per heavy atom. The Kier molecular flexibility index (Phi) is 4.57. The number of hydrogen-bond acceptors (Lipinski definition) is 5. The van der Waals surface area contributed by atoms with Crippen molar-refractivity contribution in [3.05, 3.63) is 29.5 Å². The lowest BCUT2D eigenvalue weighted by molar-refractivity contribution is 0.0813. The van der Waals surface area contributed by atoms with Crippen molar-refractivity contribution < 1.29 is 14.3 Å². The maximum atomic E-state index is 12.2. The van der Waals surface area contributed by atoms with Gasteiger partial charge in [-0.2, -0.15) is 0 Å². The molecule has 0 saturated carbocycles. The van der Waals surface area contributed by atoms with E-state index in [4.69, 9.17) is 4.42 Å². The van der Waals surface area contributed by atoms with E-state index in [0.29, 0.717) is 29.3 Å². The number of amides is 1. The van der Waals surface area contributed by atoms with Gasteiger partial charge in [0.15, 0.2) is 10.8 Å². The average molecular weight is 294 g/mol. The van der Waals surface area contributed by atoms with Gasteiger partial charge in [-0.1, -0.05) is 13.8 Å². The maximum Gasteiger partial charge on any atom is 0.271 e. The second-order valence-corrected chi connectivity index (χ2v) is 5.47. The zero-order valence-electron chi connectivity index (χ0n) is 11.5. The van der Waals surface area contributed by atoms with Crippen LogP contribution in [0, 0.1) is 0 Å². The molecule has 2 aromatic rings. The number of thiazole rings is 1. The highest BCUT2D eigenvalue weighted by Gasteiger charge is 2.28. The number of aromatic nitrogens is 1. The molecule has 2 rings (SSSR count). The van der Waals surface area contributed by atoms with Crippen molar-refractivity contribution in [1.29, 1.82) is 0 Å². The lowest BCUT2D eigenvalue weighted by atomic mass is 9.94. The van der Waals surface area contributed by atoms with E-state index in [1.165, 1.54) is 11.3 Å². The van der Waals surface area contributed by atoms with Crippen LogP contribution in [0.1, 0.15) is 37.2 Å². The normalized spacial score (nSPS) is 11.6. The van der Waals surface area contributed by atoms with Crippen molar-refractivity contribution in [2.75, 3.05) is 6.61 Å². The first-order chi connectivity index (χ1) is 9.64. The van der Waals surface area contributed by atoms with Crippen molar-refractivity contribution in [2.45, 2.75) is 32.2 Å². The van der Waals surface area contributed by atoms with Gasteiger partial charge in [-0.25, -0.2) is 4.98 Å². The quantitative estimate of drug-likeness (QED) is 0.859. The van der Waals surface area contributed by atoms with Crippen LogP contribution in [0.5, 0.6) is 0 Å². The third kappa shape index (κ3) is 2.91. The molecule has 0 spiro atoms. The summed E-state index contributed by atoms with van der Waals surface area (Å²) in [6, 6.07) is 3.58. The van der Waals surface area contributed by atoms with Crippen molar-refractivity contribution in [3.63, 3.8) is 0 Å². The molecule has 0 aliphatic heterocycles. The molecule has 0 radical (unpaired) electrons. The summed E-state index contributed by atoms with van der Waals surface area (Å²) in [4.78, 5) is 16.5. The first-order valence-electron chi connectivity index (χ1n) is 6.57. The minimum atomic E-state index is -0.578. The Labute approximate surface area is 121 Å². The van der Waals surface area contributed by atoms with E-state index in [0.717, 1.165) is 0 Å². The third-order valence-electron chi connectivity index (χ3n) is 3.50. The van der Waals surface area contributed by atoms with E-state index >= 15 is 0 Å². The second-order valence-electron chi connectivity index (χ2n) is 4.61. The number of aliphatic hydroxyl groups excluding tert-OH is 1. The van der Waals surface area contributed by atoms with E-state index < -0.39 is 5.54 Å². The van der Waals surface area contributed by atoms with Gasteiger partial charge in [-0.3, -0.25) is 4.79 Å². The number of carbonyl (C=O) groups excluding carboxylic acids is 1. The molecule has 0 bridgehead atoms. The zero-order valence-corrected chi connectivity index (χ0v) is 12.4. The van der Waals surface area contributed by atoms with Gasteiger partial charge >= 0.3 is 0 Å². The number of furan rings is 1. The number of carbonyl (C=O) groups is 1. The van der Waals surface area contributed by atoms with Gasteiger partial charge in [0.25, 0.3) is 5.91 Å². The fourth-order valence-electron chi connectivity index (χ4n) is 1.89. The van der Waals surface area contributed by atoms with Crippen LogP contribution >= 0.6 is 11.3 Å².